The zero-order valence-corrected chi connectivity index (χ0v) is 11.8. The van der Waals surface area contributed by atoms with E-state index >= 15 is 0 Å². The molecule has 0 spiro atoms. The minimum atomic E-state index is -1.19. The van der Waals surface area contributed by atoms with Gasteiger partial charge in [-0.3, -0.25) is 9.69 Å². The molecule has 1 unspecified atom stereocenters. The van der Waals surface area contributed by atoms with Crippen LogP contribution in [0.4, 0.5) is 0 Å². The molecule has 6 heteroatoms. The lowest BCUT2D eigenvalue weighted by molar-refractivity contribution is -0.0346. The Balaban J connectivity index is 2.18. The van der Waals surface area contributed by atoms with Crippen LogP contribution in [-0.4, -0.2) is 52.9 Å². The molecule has 1 aromatic heterocycles. The van der Waals surface area contributed by atoms with Crippen molar-refractivity contribution in [1.29, 1.82) is 0 Å². The Morgan fingerprint density at radius 2 is 2.30 bits per heavy atom. The molecule has 0 aliphatic carbocycles. The van der Waals surface area contributed by atoms with Gasteiger partial charge in [0.15, 0.2) is 5.43 Å². The van der Waals surface area contributed by atoms with E-state index in [-0.39, 0.29) is 11.7 Å². The highest BCUT2D eigenvalue weighted by Gasteiger charge is 2.20. The summed E-state index contributed by atoms with van der Waals surface area (Å²) in [6.07, 6.45) is 1.43. The molecule has 110 valence electrons. The van der Waals surface area contributed by atoms with Crippen LogP contribution in [0.5, 0.6) is 0 Å². The van der Waals surface area contributed by atoms with Crippen LogP contribution in [0, 0.1) is 6.92 Å². The fourth-order valence-electron chi connectivity index (χ4n) is 2.43. The van der Waals surface area contributed by atoms with Gasteiger partial charge in [-0.2, -0.15) is 0 Å². The van der Waals surface area contributed by atoms with Crippen LogP contribution in [0.15, 0.2) is 17.1 Å². The molecule has 0 amide bonds. The predicted octanol–water partition coefficient (Wildman–Crippen LogP) is 0.576. The second-order valence-corrected chi connectivity index (χ2v) is 5.04. The molecule has 0 saturated carbocycles. The molecule has 1 saturated heterocycles. The van der Waals surface area contributed by atoms with Crippen molar-refractivity contribution in [3.05, 3.63) is 33.7 Å². The first-order valence-electron chi connectivity index (χ1n) is 6.79. The summed E-state index contributed by atoms with van der Waals surface area (Å²) >= 11 is 0. The van der Waals surface area contributed by atoms with Gasteiger partial charge in [-0.25, -0.2) is 4.79 Å². The van der Waals surface area contributed by atoms with Crippen molar-refractivity contribution in [3.8, 4) is 0 Å². The number of rotatable bonds is 4. The normalized spacial score (nSPS) is 20.0. The largest absolute Gasteiger partial charge is 0.477 e. The molecule has 1 N–H and O–H groups in total. The number of likely N-dealkylation sites (N-methyl/N-ethyl adjacent to an activating group) is 1. The first-order chi connectivity index (χ1) is 9.51. The Morgan fingerprint density at radius 1 is 1.55 bits per heavy atom. The molecule has 2 heterocycles. The summed E-state index contributed by atoms with van der Waals surface area (Å²) < 4.78 is 7.50. The molecule has 0 bridgehead atoms. The van der Waals surface area contributed by atoms with E-state index in [1.165, 1.54) is 12.3 Å². The number of carboxylic acid groups (broad SMARTS) is 1. The van der Waals surface area contributed by atoms with Crippen LogP contribution >= 0.6 is 0 Å². The Labute approximate surface area is 117 Å². The summed E-state index contributed by atoms with van der Waals surface area (Å²) in [7, 11) is 0. The Morgan fingerprint density at radius 3 is 2.95 bits per heavy atom. The predicted molar refractivity (Wildman–Crippen MR) is 74.3 cm³/mol. The van der Waals surface area contributed by atoms with Gasteiger partial charge in [0, 0.05) is 37.6 Å². The highest BCUT2D eigenvalue weighted by Crippen LogP contribution is 2.09. The van der Waals surface area contributed by atoms with E-state index in [1.807, 2.05) is 0 Å². The number of hydrogen-bond donors (Lipinski definition) is 1. The number of pyridine rings is 1. The molecular formula is C14H20N2O4. The Bertz CT molecular complexity index is 553. The van der Waals surface area contributed by atoms with Gasteiger partial charge < -0.3 is 14.4 Å². The van der Waals surface area contributed by atoms with Gasteiger partial charge in [0.25, 0.3) is 0 Å². The van der Waals surface area contributed by atoms with E-state index in [4.69, 9.17) is 9.84 Å². The Kier molecular flexibility index (Phi) is 4.57. The number of aryl methyl sites for hydroxylation is 1. The first-order valence-corrected chi connectivity index (χ1v) is 6.79. The molecule has 1 atom stereocenters. The highest BCUT2D eigenvalue weighted by molar-refractivity contribution is 5.87. The maximum absolute atomic E-state index is 11.6. The van der Waals surface area contributed by atoms with E-state index in [2.05, 4.69) is 11.8 Å². The highest BCUT2D eigenvalue weighted by atomic mass is 16.5. The van der Waals surface area contributed by atoms with E-state index in [0.29, 0.717) is 13.2 Å². The lowest BCUT2D eigenvalue weighted by Crippen LogP contribution is -2.44. The number of ether oxygens (including phenoxy) is 1. The monoisotopic (exact) mass is 280 g/mol. The van der Waals surface area contributed by atoms with Gasteiger partial charge in [-0.15, -0.1) is 0 Å². The summed E-state index contributed by atoms with van der Waals surface area (Å²) in [4.78, 5) is 24.9. The molecule has 1 aliphatic heterocycles. The standard InChI is InChI=1S/C14H20N2O4/c1-3-15-4-5-20-11(7-15)8-16-9-12(14(18)19)13(17)6-10(16)2/h6,9,11H,3-5,7-8H2,1-2H3,(H,18,19). The summed E-state index contributed by atoms with van der Waals surface area (Å²) in [5.41, 5.74) is 0.0991. The van der Waals surface area contributed by atoms with Crippen LogP contribution in [0.2, 0.25) is 0 Å². The number of aromatic nitrogens is 1. The third kappa shape index (κ3) is 3.26. The average molecular weight is 280 g/mol. The minimum Gasteiger partial charge on any atom is -0.477 e. The number of aromatic carboxylic acids is 1. The van der Waals surface area contributed by atoms with Crippen molar-refractivity contribution >= 4 is 5.97 Å². The second kappa shape index (κ2) is 6.19. The maximum atomic E-state index is 11.6. The molecule has 0 radical (unpaired) electrons. The van der Waals surface area contributed by atoms with Gasteiger partial charge in [0.1, 0.15) is 5.56 Å². The molecular weight excluding hydrogens is 260 g/mol. The average Bonchev–Trinajstić information content (AvgIpc) is 2.41. The molecule has 20 heavy (non-hydrogen) atoms. The molecule has 2 rings (SSSR count). The third-order valence-corrected chi connectivity index (χ3v) is 3.64. The molecule has 1 aliphatic rings. The van der Waals surface area contributed by atoms with Gasteiger partial charge in [-0.1, -0.05) is 6.92 Å². The van der Waals surface area contributed by atoms with Crippen molar-refractivity contribution in [2.75, 3.05) is 26.2 Å². The lowest BCUT2D eigenvalue weighted by Gasteiger charge is -2.32. The van der Waals surface area contributed by atoms with Crippen LogP contribution in [-0.2, 0) is 11.3 Å². The molecule has 0 aromatic carbocycles. The molecule has 1 aromatic rings. The number of morpholine rings is 1. The molecule has 6 nitrogen and oxygen atoms in total. The van der Waals surface area contributed by atoms with Crippen molar-refractivity contribution in [2.45, 2.75) is 26.5 Å². The lowest BCUT2D eigenvalue weighted by atomic mass is 10.2. The fourth-order valence-corrected chi connectivity index (χ4v) is 2.43. The smallest absolute Gasteiger partial charge is 0.341 e. The van der Waals surface area contributed by atoms with E-state index in [1.54, 1.807) is 11.5 Å². The quantitative estimate of drug-likeness (QED) is 0.873. The van der Waals surface area contributed by atoms with E-state index in [9.17, 15) is 9.59 Å². The van der Waals surface area contributed by atoms with Gasteiger partial charge in [-0.05, 0) is 13.5 Å². The van der Waals surface area contributed by atoms with Crippen LogP contribution in [0.25, 0.3) is 0 Å². The number of carboxylic acids is 1. The zero-order valence-electron chi connectivity index (χ0n) is 11.8. The minimum absolute atomic E-state index is 0.0200. The van der Waals surface area contributed by atoms with Gasteiger partial charge in [0.2, 0.25) is 0 Å². The number of carbonyl (C=O) groups is 1. The second-order valence-electron chi connectivity index (χ2n) is 5.04. The SMILES string of the molecule is CCN1CCOC(Cn2cc(C(=O)O)c(=O)cc2C)C1. The first kappa shape index (κ1) is 14.7. The van der Waals surface area contributed by atoms with E-state index < -0.39 is 11.4 Å². The summed E-state index contributed by atoms with van der Waals surface area (Å²) in [5, 5.41) is 9.01. The van der Waals surface area contributed by atoms with Crippen LogP contribution in [0.1, 0.15) is 23.0 Å². The Hall–Kier alpha value is -1.66. The zero-order chi connectivity index (χ0) is 14.7. The van der Waals surface area contributed by atoms with Crippen LogP contribution in [0.3, 0.4) is 0 Å². The summed E-state index contributed by atoms with van der Waals surface area (Å²) in [6.45, 7) is 7.87. The number of nitrogens with zero attached hydrogens (tertiary/aromatic N) is 2. The third-order valence-electron chi connectivity index (χ3n) is 3.64. The van der Waals surface area contributed by atoms with Crippen LogP contribution < -0.4 is 5.43 Å². The number of hydrogen-bond acceptors (Lipinski definition) is 4. The van der Waals surface area contributed by atoms with Gasteiger partial charge >= 0.3 is 5.97 Å². The van der Waals surface area contributed by atoms with Crippen molar-refractivity contribution in [2.24, 2.45) is 0 Å². The summed E-state index contributed by atoms with van der Waals surface area (Å²) in [5.74, 6) is -1.19. The van der Waals surface area contributed by atoms with Crippen molar-refractivity contribution < 1.29 is 14.6 Å². The van der Waals surface area contributed by atoms with Gasteiger partial charge in [0.05, 0.1) is 12.7 Å². The van der Waals surface area contributed by atoms with Crippen molar-refractivity contribution in [3.63, 3.8) is 0 Å². The van der Waals surface area contributed by atoms with E-state index in [0.717, 1.165) is 25.3 Å². The maximum Gasteiger partial charge on any atom is 0.341 e. The fraction of sp³-hybridized carbons (Fsp3) is 0.571. The molecule has 1 fully saturated rings. The topological polar surface area (TPSA) is 71.8 Å². The summed E-state index contributed by atoms with van der Waals surface area (Å²) in [6, 6.07) is 1.36. The van der Waals surface area contributed by atoms with Crippen molar-refractivity contribution in [1.82, 2.24) is 9.47 Å².